The Morgan fingerprint density at radius 3 is 2.81 bits per heavy atom. The molecular weight excluding hydrogens is 262 g/mol. The van der Waals surface area contributed by atoms with E-state index < -0.39 is 0 Å². The molecule has 1 saturated carbocycles. The van der Waals surface area contributed by atoms with Crippen LogP contribution in [0.2, 0.25) is 0 Å². The van der Waals surface area contributed by atoms with Gasteiger partial charge in [-0.2, -0.15) is 0 Å². The molecule has 4 heteroatoms. The second-order valence-corrected chi connectivity index (χ2v) is 5.43. The molecular formula is C17H21N3O. The third-order valence-electron chi connectivity index (χ3n) is 3.64. The van der Waals surface area contributed by atoms with Crippen molar-refractivity contribution in [2.45, 2.75) is 32.1 Å². The number of hydrogen-bond acceptors (Lipinski definition) is 4. The Morgan fingerprint density at radius 2 is 2.10 bits per heavy atom. The van der Waals surface area contributed by atoms with E-state index >= 15 is 0 Å². The van der Waals surface area contributed by atoms with Gasteiger partial charge in [0.2, 0.25) is 0 Å². The summed E-state index contributed by atoms with van der Waals surface area (Å²) in [6, 6.07) is 10.2. The Balaban J connectivity index is 1.85. The topological polar surface area (TPSA) is 47.0 Å². The molecule has 3 rings (SSSR count). The average Bonchev–Trinajstić information content (AvgIpc) is 3.32. The second kappa shape index (κ2) is 6.12. The van der Waals surface area contributed by atoms with Crippen molar-refractivity contribution in [2.75, 3.05) is 19.0 Å². The van der Waals surface area contributed by atoms with Crippen molar-refractivity contribution in [1.82, 2.24) is 9.97 Å². The van der Waals surface area contributed by atoms with Crippen LogP contribution in [-0.2, 0) is 6.42 Å². The molecule has 0 aliphatic heterocycles. The van der Waals surface area contributed by atoms with Gasteiger partial charge >= 0.3 is 0 Å². The first-order chi connectivity index (χ1) is 10.3. The van der Waals surface area contributed by atoms with E-state index in [1.54, 1.807) is 7.11 Å². The molecule has 1 N–H and O–H groups in total. The lowest BCUT2D eigenvalue weighted by molar-refractivity contribution is 0.414. The smallest absolute Gasteiger partial charge is 0.135 e. The molecule has 4 nitrogen and oxygen atoms in total. The van der Waals surface area contributed by atoms with Gasteiger partial charge in [-0.1, -0.05) is 12.1 Å². The predicted octanol–water partition coefficient (Wildman–Crippen LogP) is 3.39. The van der Waals surface area contributed by atoms with Crippen LogP contribution in [0.1, 0.15) is 42.8 Å². The Morgan fingerprint density at radius 1 is 1.24 bits per heavy atom. The molecule has 0 radical (unpaired) electrons. The number of anilines is 1. The van der Waals surface area contributed by atoms with Crippen LogP contribution in [0.4, 0.5) is 5.82 Å². The van der Waals surface area contributed by atoms with Crippen LogP contribution >= 0.6 is 0 Å². The Labute approximate surface area is 125 Å². The first kappa shape index (κ1) is 13.9. The van der Waals surface area contributed by atoms with E-state index in [9.17, 15) is 0 Å². The predicted molar refractivity (Wildman–Crippen MR) is 84.0 cm³/mol. The minimum absolute atomic E-state index is 0.634. The van der Waals surface area contributed by atoms with E-state index in [1.165, 1.54) is 24.1 Å². The van der Waals surface area contributed by atoms with Crippen LogP contribution in [0.3, 0.4) is 0 Å². The van der Waals surface area contributed by atoms with Crippen molar-refractivity contribution >= 4 is 5.82 Å². The zero-order valence-electron chi connectivity index (χ0n) is 12.6. The van der Waals surface area contributed by atoms with Crippen LogP contribution in [0.15, 0.2) is 30.3 Å². The van der Waals surface area contributed by atoms with Crippen molar-refractivity contribution in [2.24, 2.45) is 0 Å². The number of nitrogens with zero attached hydrogens (tertiary/aromatic N) is 2. The Bertz CT molecular complexity index is 623. The summed E-state index contributed by atoms with van der Waals surface area (Å²) < 4.78 is 5.27. The second-order valence-electron chi connectivity index (χ2n) is 5.43. The van der Waals surface area contributed by atoms with Crippen LogP contribution in [0.25, 0.3) is 0 Å². The molecule has 1 aromatic carbocycles. The summed E-state index contributed by atoms with van der Waals surface area (Å²) in [6.07, 6.45) is 3.23. The van der Waals surface area contributed by atoms with E-state index in [0.29, 0.717) is 5.92 Å². The van der Waals surface area contributed by atoms with Gasteiger partial charge in [0.1, 0.15) is 17.4 Å². The normalized spacial score (nSPS) is 14.0. The first-order valence-corrected chi connectivity index (χ1v) is 7.53. The van der Waals surface area contributed by atoms with Crippen molar-refractivity contribution in [3.8, 4) is 5.75 Å². The van der Waals surface area contributed by atoms with E-state index in [0.717, 1.165) is 30.4 Å². The molecule has 0 bridgehead atoms. The summed E-state index contributed by atoms with van der Waals surface area (Å²) in [5, 5.41) is 3.30. The van der Waals surface area contributed by atoms with E-state index in [2.05, 4.69) is 29.4 Å². The largest absolute Gasteiger partial charge is 0.497 e. The quantitative estimate of drug-likeness (QED) is 0.882. The number of rotatable bonds is 6. The summed E-state index contributed by atoms with van der Waals surface area (Å²) in [5.74, 6) is 3.32. The van der Waals surface area contributed by atoms with Crippen molar-refractivity contribution < 1.29 is 4.74 Å². The van der Waals surface area contributed by atoms with Gasteiger partial charge in [-0.25, -0.2) is 9.97 Å². The molecule has 0 saturated heterocycles. The fraction of sp³-hybridized carbons (Fsp3) is 0.412. The van der Waals surface area contributed by atoms with Gasteiger partial charge < -0.3 is 10.1 Å². The first-order valence-electron chi connectivity index (χ1n) is 7.53. The third kappa shape index (κ3) is 3.51. The van der Waals surface area contributed by atoms with Crippen LogP contribution in [0.5, 0.6) is 5.75 Å². The Hall–Kier alpha value is -2.10. The SMILES string of the molecule is CCNc1cc(C2CC2)nc(Cc2cccc(OC)c2)n1. The standard InChI is InChI=1S/C17H21N3O/c1-3-18-16-11-15(13-7-8-13)19-17(20-16)10-12-5-4-6-14(9-12)21-2/h4-6,9,11,13H,3,7-8,10H2,1-2H3,(H,18,19,20). The van der Waals surface area contributed by atoms with E-state index in [-0.39, 0.29) is 0 Å². The summed E-state index contributed by atoms with van der Waals surface area (Å²) in [7, 11) is 1.69. The highest BCUT2D eigenvalue weighted by Gasteiger charge is 2.26. The molecule has 1 fully saturated rings. The van der Waals surface area contributed by atoms with E-state index in [1.807, 2.05) is 18.2 Å². The van der Waals surface area contributed by atoms with Gasteiger partial charge in [0.25, 0.3) is 0 Å². The van der Waals surface area contributed by atoms with Crippen molar-refractivity contribution in [1.29, 1.82) is 0 Å². The third-order valence-corrected chi connectivity index (χ3v) is 3.64. The minimum Gasteiger partial charge on any atom is -0.497 e. The van der Waals surface area contributed by atoms with Gasteiger partial charge in [0.15, 0.2) is 0 Å². The van der Waals surface area contributed by atoms with Gasteiger partial charge in [-0.15, -0.1) is 0 Å². The average molecular weight is 283 g/mol. The lowest BCUT2D eigenvalue weighted by Crippen LogP contribution is -2.06. The molecule has 21 heavy (non-hydrogen) atoms. The molecule has 0 spiro atoms. The summed E-state index contributed by atoms with van der Waals surface area (Å²) >= 11 is 0. The summed E-state index contributed by atoms with van der Waals surface area (Å²) in [5.41, 5.74) is 2.35. The molecule has 110 valence electrons. The minimum atomic E-state index is 0.634. The maximum atomic E-state index is 5.27. The lowest BCUT2D eigenvalue weighted by atomic mass is 10.1. The van der Waals surface area contributed by atoms with Crippen molar-refractivity contribution in [3.05, 3.63) is 47.4 Å². The van der Waals surface area contributed by atoms with E-state index in [4.69, 9.17) is 9.72 Å². The molecule has 2 aromatic rings. The highest BCUT2D eigenvalue weighted by atomic mass is 16.5. The van der Waals surface area contributed by atoms with Gasteiger partial charge in [-0.3, -0.25) is 0 Å². The fourth-order valence-corrected chi connectivity index (χ4v) is 2.42. The number of methoxy groups -OCH3 is 1. The fourth-order valence-electron chi connectivity index (χ4n) is 2.42. The van der Waals surface area contributed by atoms with Gasteiger partial charge in [0.05, 0.1) is 7.11 Å². The molecule has 0 unspecified atom stereocenters. The number of ether oxygens (including phenoxy) is 1. The highest BCUT2D eigenvalue weighted by molar-refractivity contribution is 5.39. The lowest BCUT2D eigenvalue weighted by Gasteiger charge is -2.09. The molecule has 1 aliphatic carbocycles. The highest BCUT2D eigenvalue weighted by Crippen LogP contribution is 2.39. The van der Waals surface area contributed by atoms with Gasteiger partial charge in [-0.05, 0) is 37.5 Å². The summed E-state index contributed by atoms with van der Waals surface area (Å²) in [6.45, 7) is 2.96. The molecule has 1 heterocycles. The molecule has 0 atom stereocenters. The number of benzene rings is 1. The molecule has 1 aromatic heterocycles. The van der Waals surface area contributed by atoms with Crippen LogP contribution in [-0.4, -0.2) is 23.6 Å². The van der Waals surface area contributed by atoms with Crippen molar-refractivity contribution in [3.63, 3.8) is 0 Å². The molecule has 0 amide bonds. The number of aromatic nitrogens is 2. The van der Waals surface area contributed by atoms with Crippen LogP contribution in [0, 0.1) is 0 Å². The number of nitrogens with one attached hydrogen (secondary N) is 1. The van der Waals surface area contributed by atoms with Gasteiger partial charge in [0, 0.05) is 30.6 Å². The van der Waals surface area contributed by atoms with Crippen LogP contribution < -0.4 is 10.1 Å². The Kier molecular flexibility index (Phi) is 4.04. The maximum absolute atomic E-state index is 5.27. The molecule has 1 aliphatic rings. The number of hydrogen-bond donors (Lipinski definition) is 1. The monoisotopic (exact) mass is 283 g/mol. The maximum Gasteiger partial charge on any atom is 0.135 e. The summed E-state index contributed by atoms with van der Waals surface area (Å²) in [4.78, 5) is 9.36. The zero-order valence-corrected chi connectivity index (χ0v) is 12.6. The zero-order chi connectivity index (χ0) is 14.7.